The van der Waals surface area contributed by atoms with Gasteiger partial charge in [-0.1, -0.05) is 18.2 Å². The topological polar surface area (TPSA) is 59.3 Å². The van der Waals surface area contributed by atoms with Crippen LogP contribution in [0.15, 0.2) is 48.7 Å². The largest absolute Gasteiger partial charge is 0.356 e. The van der Waals surface area contributed by atoms with Crippen LogP contribution in [0.4, 0.5) is 4.39 Å². The SMILES string of the molecule is O=C(CCc1ccc(F)cc1)NCCCc1nnc2ccccn12. The summed E-state index contributed by atoms with van der Waals surface area (Å²) < 4.78 is 14.8. The monoisotopic (exact) mass is 326 g/mol. The Balaban J connectivity index is 1.38. The molecular formula is C18H19FN4O. The van der Waals surface area contributed by atoms with E-state index in [0.29, 0.717) is 19.4 Å². The van der Waals surface area contributed by atoms with Crippen molar-refractivity contribution in [1.82, 2.24) is 19.9 Å². The van der Waals surface area contributed by atoms with Crippen LogP contribution in [0.2, 0.25) is 0 Å². The Morgan fingerprint density at radius 3 is 2.75 bits per heavy atom. The van der Waals surface area contributed by atoms with E-state index in [1.165, 1.54) is 12.1 Å². The van der Waals surface area contributed by atoms with Gasteiger partial charge >= 0.3 is 0 Å². The summed E-state index contributed by atoms with van der Waals surface area (Å²) >= 11 is 0. The molecule has 1 amide bonds. The van der Waals surface area contributed by atoms with E-state index in [1.807, 2.05) is 28.8 Å². The van der Waals surface area contributed by atoms with Crippen LogP contribution in [0.5, 0.6) is 0 Å². The van der Waals surface area contributed by atoms with Crippen LogP contribution >= 0.6 is 0 Å². The van der Waals surface area contributed by atoms with Gasteiger partial charge in [0.1, 0.15) is 11.6 Å². The van der Waals surface area contributed by atoms with Gasteiger partial charge in [0.2, 0.25) is 5.91 Å². The Bertz CT molecular complexity index is 813. The van der Waals surface area contributed by atoms with Crippen molar-refractivity contribution in [2.24, 2.45) is 0 Å². The quantitative estimate of drug-likeness (QED) is 0.679. The summed E-state index contributed by atoms with van der Waals surface area (Å²) in [4.78, 5) is 11.8. The fourth-order valence-electron chi connectivity index (χ4n) is 2.53. The van der Waals surface area contributed by atoms with Crippen molar-refractivity contribution < 1.29 is 9.18 Å². The summed E-state index contributed by atoms with van der Waals surface area (Å²) in [6.45, 7) is 0.601. The number of rotatable bonds is 7. The number of benzene rings is 1. The molecule has 3 rings (SSSR count). The number of carbonyl (C=O) groups excluding carboxylic acids is 1. The summed E-state index contributed by atoms with van der Waals surface area (Å²) in [6.07, 6.45) is 4.51. The molecule has 24 heavy (non-hydrogen) atoms. The van der Waals surface area contributed by atoms with Gasteiger partial charge in [-0.05, 0) is 42.7 Å². The second kappa shape index (κ2) is 7.68. The summed E-state index contributed by atoms with van der Waals surface area (Å²) in [5.41, 5.74) is 1.79. The van der Waals surface area contributed by atoms with Crippen molar-refractivity contribution in [1.29, 1.82) is 0 Å². The first-order valence-corrected chi connectivity index (χ1v) is 8.02. The molecule has 0 radical (unpaired) electrons. The summed E-state index contributed by atoms with van der Waals surface area (Å²) in [6, 6.07) is 12.0. The Kier molecular flexibility index (Phi) is 5.15. The number of nitrogens with zero attached hydrogens (tertiary/aromatic N) is 3. The number of hydrogen-bond acceptors (Lipinski definition) is 3. The van der Waals surface area contributed by atoms with Gasteiger partial charge in [-0.25, -0.2) is 4.39 Å². The molecule has 0 fully saturated rings. The highest BCUT2D eigenvalue weighted by Crippen LogP contribution is 2.06. The van der Waals surface area contributed by atoms with E-state index < -0.39 is 0 Å². The summed E-state index contributed by atoms with van der Waals surface area (Å²) in [5.74, 6) is 0.640. The van der Waals surface area contributed by atoms with Crippen molar-refractivity contribution >= 4 is 11.6 Å². The molecule has 2 heterocycles. The van der Waals surface area contributed by atoms with E-state index in [0.717, 1.165) is 29.9 Å². The Labute approximate surface area is 139 Å². The third-order valence-electron chi connectivity index (χ3n) is 3.84. The van der Waals surface area contributed by atoms with Crippen LogP contribution in [0.1, 0.15) is 24.2 Å². The number of aromatic nitrogens is 3. The number of pyridine rings is 1. The van der Waals surface area contributed by atoms with E-state index in [1.54, 1.807) is 12.1 Å². The molecule has 0 bridgehead atoms. The van der Waals surface area contributed by atoms with Crippen LogP contribution in [-0.4, -0.2) is 27.0 Å². The van der Waals surface area contributed by atoms with Gasteiger partial charge in [0, 0.05) is 25.6 Å². The number of hydrogen-bond donors (Lipinski definition) is 1. The van der Waals surface area contributed by atoms with Gasteiger partial charge < -0.3 is 5.32 Å². The van der Waals surface area contributed by atoms with Gasteiger partial charge in [0.25, 0.3) is 0 Å². The third kappa shape index (κ3) is 4.16. The molecule has 0 spiro atoms. The minimum absolute atomic E-state index is 0.00502. The zero-order valence-electron chi connectivity index (χ0n) is 13.3. The standard InChI is InChI=1S/C18H19FN4O/c19-15-9-6-14(7-10-15)8-11-18(24)20-12-3-5-17-22-21-16-4-1-2-13-23(16)17/h1-2,4,6-7,9-10,13H,3,5,8,11-12H2,(H,20,24). The molecule has 0 saturated carbocycles. The minimum Gasteiger partial charge on any atom is -0.356 e. The Morgan fingerprint density at radius 1 is 1.08 bits per heavy atom. The van der Waals surface area contributed by atoms with Crippen LogP contribution < -0.4 is 5.32 Å². The van der Waals surface area contributed by atoms with E-state index in [4.69, 9.17) is 0 Å². The maximum atomic E-state index is 12.8. The number of carbonyl (C=O) groups is 1. The van der Waals surface area contributed by atoms with Crippen molar-refractivity contribution in [3.8, 4) is 0 Å². The first kappa shape index (κ1) is 16.1. The number of halogens is 1. The smallest absolute Gasteiger partial charge is 0.220 e. The number of aryl methyl sites for hydroxylation is 2. The van der Waals surface area contributed by atoms with Crippen molar-refractivity contribution in [3.05, 3.63) is 65.9 Å². The van der Waals surface area contributed by atoms with E-state index in [-0.39, 0.29) is 11.7 Å². The van der Waals surface area contributed by atoms with Gasteiger partial charge in [-0.2, -0.15) is 0 Å². The van der Waals surface area contributed by atoms with E-state index in [2.05, 4.69) is 15.5 Å². The highest BCUT2D eigenvalue weighted by molar-refractivity contribution is 5.76. The molecule has 0 atom stereocenters. The van der Waals surface area contributed by atoms with Crippen molar-refractivity contribution in [3.63, 3.8) is 0 Å². The predicted molar refractivity (Wildman–Crippen MR) is 89.0 cm³/mol. The maximum Gasteiger partial charge on any atom is 0.220 e. The van der Waals surface area contributed by atoms with Crippen molar-refractivity contribution in [2.45, 2.75) is 25.7 Å². The molecule has 0 unspecified atom stereocenters. The molecule has 5 nitrogen and oxygen atoms in total. The molecule has 2 aromatic heterocycles. The van der Waals surface area contributed by atoms with Gasteiger partial charge in [0.15, 0.2) is 5.65 Å². The van der Waals surface area contributed by atoms with Crippen LogP contribution in [0, 0.1) is 5.82 Å². The maximum absolute atomic E-state index is 12.8. The molecule has 0 aliphatic heterocycles. The second-order valence-electron chi connectivity index (χ2n) is 5.63. The van der Waals surface area contributed by atoms with Gasteiger partial charge in [-0.3, -0.25) is 9.20 Å². The molecule has 1 N–H and O–H groups in total. The lowest BCUT2D eigenvalue weighted by Gasteiger charge is -2.05. The minimum atomic E-state index is -0.260. The lowest BCUT2D eigenvalue weighted by Crippen LogP contribution is -2.25. The third-order valence-corrected chi connectivity index (χ3v) is 3.84. The predicted octanol–water partition coefficient (Wildman–Crippen LogP) is 2.55. The average Bonchev–Trinajstić information content (AvgIpc) is 3.01. The molecule has 6 heteroatoms. The first-order valence-electron chi connectivity index (χ1n) is 8.02. The average molecular weight is 326 g/mol. The molecule has 0 aliphatic carbocycles. The van der Waals surface area contributed by atoms with Crippen LogP contribution in [-0.2, 0) is 17.6 Å². The normalized spacial score (nSPS) is 10.9. The van der Waals surface area contributed by atoms with Crippen molar-refractivity contribution in [2.75, 3.05) is 6.54 Å². The first-order chi connectivity index (χ1) is 11.7. The summed E-state index contributed by atoms with van der Waals surface area (Å²) in [5, 5.41) is 11.2. The van der Waals surface area contributed by atoms with E-state index in [9.17, 15) is 9.18 Å². The number of nitrogens with one attached hydrogen (secondary N) is 1. The molecular weight excluding hydrogens is 307 g/mol. The zero-order chi connectivity index (χ0) is 16.8. The summed E-state index contributed by atoms with van der Waals surface area (Å²) in [7, 11) is 0. The lowest BCUT2D eigenvalue weighted by atomic mass is 10.1. The number of amides is 1. The van der Waals surface area contributed by atoms with Crippen LogP contribution in [0.25, 0.3) is 5.65 Å². The molecule has 124 valence electrons. The fraction of sp³-hybridized carbons (Fsp3) is 0.278. The molecule has 3 aromatic rings. The van der Waals surface area contributed by atoms with E-state index >= 15 is 0 Å². The molecule has 0 saturated heterocycles. The highest BCUT2D eigenvalue weighted by atomic mass is 19.1. The molecule has 0 aliphatic rings. The van der Waals surface area contributed by atoms with Gasteiger partial charge in [0.05, 0.1) is 0 Å². The molecule has 1 aromatic carbocycles. The Morgan fingerprint density at radius 2 is 1.92 bits per heavy atom. The number of fused-ring (bicyclic) bond motifs is 1. The highest BCUT2D eigenvalue weighted by Gasteiger charge is 2.05. The fourth-order valence-corrected chi connectivity index (χ4v) is 2.53. The zero-order valence-corrected chi connectivity index (χ0v) is 13.3. The van der Waals surface area contributed by atoms with Crippen LogP contribution in [0.3, 0.4) is 0 Å². The Hall–Kier alpha value is -2.76. The van der Waals surface area contributed by atoms with Gasteiger partial charge in [-0.15, -0.1) is 10.2 Å². The lowest BCUT2D eigenvalue weighted by molar-refractivity contribution is -0.121. The second-order valence-corrected chi connectivity index (χ2v) is 5.63.